The lowest BCUT2D eigenvalue weighted by atomic mass is 9.87. The normalized spacial score (nSPS) is 21.0. The van der Waals surface area contributed by atoms with Crippen LogP contribution in [-0.4, -0.2) is 5.11 Å². The second-order valence-corrected chi connectivity index (χ2v) is 5.55. The van der Waals surface area contributed by atoms with Crippen LogP contribution in [0.1, 0.15) is 28.7 Å². The van der Waals surface area contributed by atoms with E-state index in [0.717, 1.165) is 11.1 Å². The van der Waals surface area contributed by atoms with Gasteiger partial charge in [-0.15, -0.1) is 0 Å². The third-order valence-electron chi connectivity index (χ3n) is 4.20. The Morgan fingerprint density at radius 2 is 2.00 bits per heavy atom. The fraction of sp³-hybridized carbons (Fsp3) is 0.294. The monoisotopic (exact) mass is 274 g/mol. The Labute approximate surface area is 116 Å². The van der Waals surface area contributed by atoms with Crippen LogP contribution in [0.3, 0.4) is 0 Å². The molecule has 20 heavy (non-hydrogen) atoms. The highest BCUT2D eigenvalue weighted by molar-refractivity contribution is 5.40. The van der Waals surface area contributed by atoms with Crippen LogP contribution < -0.4 is 0 Å². The average Bonchev–Trinajstić information content (AvgIpc) is 2.73. The van der Waals surface area contributed by atoms with Gasteiger partial charge in [0.1, 0.15) is 11.6 Å². The summed E-state index contributed by atoms with van der Waals surface area (Å²) in [4.78, 5) is 0. The van der Waals surface area contributed by atoms with Gasteiger partial charge in [0.25, 0.3) is 0 Å². The van der Waals surface area contributed by atoms with Gasteiger partial charge in [0.2, 0.25) is 0 Å². The van der Waals surface area contributed by atoms with E-state index in [2.05, 4.69) is 0 Å². The molecule has 1 N–H and O–H groups in total. The zero-order chi connectivity index (χ0) is 14.3. The van der Waals surface area contributed by atoms with E-state index in [0.29, 0.717) is 30.4 Å². The Hall–Kier alpha value is -1.74. The van der Waals surface area contributed by atoms with Crippen LogP contribution >= 0.6 is 0 Å². The maximum atomic E-state index is 13.7. The first-order chi connectivity index (χ1) is 9.49. The van der Waals surface area contributed by atoms with Crippen molar-refractivity contribution in [2.75, 3.05) is 0 Å². The second kappa shape index (κ2) is 4.67. The van der Waals surface area contributed by atoms with E-state index in [1.165, 1.54) is 18.2 Å². The van der Waals surface area contributed by atoms with Crippen molar-refractivity contribution < 1.29 is 13.9 Å². The lowest BCUT2D eigenvalue weighted by molar-refractivity contribution is 0.0387. The van der Waals surface area contributed by atoms with Gasteiger partial charge in [-0.3, -0.25) is 0 Å². The molecule has 2 aromatic carbocycles. The summed E-state index contributed by atoms with van der Waals surface area (Å²) in [5.41, 5.74) is 1.92. The largest absolute Gasteiger partial charge is 0.385 e. The summed E-state index contributed by atoms with van der Waals surface area (Å²) < 4.78 is 26.9. The summed E-state index contributed by atoms with van der Waals surface area (Å²) in [5, 5.41) is 10.9. The molecule has 0 fully saturated rings. The Morgan fingerprint density at radius 1 is 1.20 bits per heavy atom. The first-order valence-electron chi connectivity index (χ1n) is 6.75. The molecule has 0 bridgehead atoms. The molecule has 3 heteroatoms. The van der Waals surface area contributed by atoms with Crippen LogP contribution in [0.2, 0.25) is 0 Å². The number of aliphatic hydroxyl groups is 1. The highest BCUT2D eigenvalue weighted by Crippen LogP contribution is 2.40. The van der Waals surface area contributed by atoms with E-state index >= 15 is 0 Å². The second-order valence-electron chi connectivity index (χ2n) is 5.55. The molecule has 1 nitrogen and oxygen atoms in total. The van der Waals surface area contributed by atoms with Crippen molar-refractivity contribution in [1.29, 1.82) is 0 Å². The first kappa shape index (κ1) is 13.3. The van der Waals surface area contributed by atoms with Crippen molar-refractivity contribution in [1.82, 2.24) is 0 Å². The minimum Gasteiger partial charge on any atom is -0.385 e. The zero-order valence-electron chi connectivity index (χ0n) is 11.3. The molecule has 0 radical (unpaired) electrons. The minimum absolute atomic E-state index is 0.255. The number of hydrogen-bond acceptors (Lipinski definition) is 1. The average molecular weight is 274 g/mol. The molecule has 0 saturated heterocycles. The smallest absolute Gasteiger partial charge is 0.126 e. The van der Waals surface area contributed by atoms with Gasteiger partial charge in [-0.05, 0) is 60.2 Å². The van der Waals surface area contributed by atoms with Crippen LogP contribution in [0.4, 0.5) is 8.78 Å². The fourth-order valence-electron chi connectivity index (χ4n) is 3.07. The zero-order valence-corrected chi connectivity index (χ0v) is 11.3. The SMILES string of the molecule is Cc1cc(F)ccc1CC1(O)CCc2c(F)cccc21. The number of hydrogen-bond donors (Lipinski definition) is 1. The standard InChI is InChI=1S/C17H16F2O/c1-11-9-13(18)6-5-12(11)10-17(20)8-7-14-15(17)3-2-4-16(14)19/h2-6,9,20H,7-8,10H2,1H3. The van der Waals surface area contributed by atoms with Crippen molar-refractivity contribution in [3.63, 3.8) is 0 Å². The summed E-state index contributed by atoms with van der Waals surface area (Å²) in [6.07, 6.45) is 1.42. The number of fused-ring (bicyclic) bond motifs is 1. The number of halogens is 2. The van der Waals surface area contributed by atoms with E-state index in [1.807, 2.05) is 6.92 Å². The van der Waals surface area contributed by atoms with Crippen LogP contribution in [0.25, 0.3) is 0 Å². The van der Waals surface area contributed by atoms with Crippen molar-refractivity contribution in [2.45, 2.75) is 31.8 Å². The molecule has 0 amide bonds. The van der Waals surface area contributed by atoms with Gasteiger partial charge >= 0.3 is 0 Å². The summed E-state index contributed by atoms with van der Waals surface area (Å²) in [5.74, 6) is -0.537. The molecule has 0 aliphatic heterocycles. The summed E-state index contributed by atoms with van der Waals surface area (Å²) in [7, 11) is 0. The highest BCUT2D eigenvalue weighted by atomic mass is 19.1. The maximum absolute atomic E-state index is 13.7. The summed E-state index contributed by atoms with van der Waals surface area (Å²) >= 11 is 0. The predicted octanol–water partition coefficient (Wildman–Crippen LogP) is 3.65. The van der Waals surface area contributed by atoms with Gasteiger partial charge < -0.3 is 5.11 Å². The molecule has 1 atom stereocenters. The number of benzene rings is 2. The number of rotatable bonds is 2. The molecule has 1 aliphatic carbocycles. The predicted molar refractivity (Wildman–Crippen MR) is 73.5 cm³/mol. The topological polar surface area (TPSA) is 20.2 Å². The van der Waals surface area contributed by atoms with Gasteiger partial charge in [0.15, 0.2) is 0 Å². The molecule has 0 saturated carbocycles. The van der Waals surface area contributed by atoms with Crippen LogP contribution in [0, 0.1) is 18.6 Å². The first-order valence-corrected chi connectivity index (χ1v) is 6.75. The van der Waals surface area contributed by atoms with Gasteiger partial charge in [-0.1, -0.05) is 18.2 Å². The van der Waals surface area contributed by atoms with Crippen molar-refractivity contribution in [2.24, 2.45) is 0 Å². The maximum Gasteiger partial charge on any atom is 0.126 e. The van der Waals surface area contributed by atoms with Gasteiger partial charge in [-0.2, -0.15) is 0 Å². The van der Waals surface area contributed by atoms with E-state index < -0.39 is 5.60 Å². The van der Waals surface area contributed by atoms with Gasteiger partial charge in [0, 0.05) is 6.42 Å². The summed E-state index contributed by atoms with van der Waals surface area (Å²) in [6.45, 7) is 1.82. The molecule has 1 unspecified atom stereocenters. The van der Waals surface area contributed by atoms with E-state index in [4.69, 9.17) is 0 Å². The minimum atomic E-state index is -1.06. The van der Waals surface area contributed by atoms with E-state index in [9.17, 15) is 13.9 Å². The summed E-state index contributed by atoms with van der Waals surface area (Å²) in [6, 6.07) is 9.38. The Kier molecular flexibility index (Phi) is 3.09. The molecule has 2 aromatic rings. The molecule has 3 rings (SSSR count). The van der Waals surface area contributed by atoms with Crippen molar-refractivity contribution in [3.8, 4) is 0 Å². The molecule has 104 valence electrons. The molecular weight excluding hydrogens is 258 g/mol. The van der Waals surface area contributed by atoms with E-state index in [-0.39, 0.29) is 11.6 Å². The Morgan fingerprint density at radius 3 is 2.75 bits per heavy atom. The molecule has 0 aromatic heterocycles. The Balaban J connectivity index is 1.98. The van der Waals surface area contributed by atoms with Crippen LogP contribution in [0.5, 0.6) is 0 Å². The lowest BCUT2D eigenvalue weighted by Gasteiger charge is -2.25. The van der Waals surface area contributed by atoms with E-state index in [1.54, 1.807) is 18.2 Å². The third kappa shape index (κ3) is 2.12. The third-order valence-corrected chi connectivity index (χ3v) is 4.20. The van der Waals surface area contributed by atoms with Crippen LogP contribution in [0.15, 0.2) is 36.4 Å². The molecule has 0 spiro atoms. The highest BCUT2D eigenvalue weighted by Gasteiger charge is 2.38. The lowest BCUT2D eigenvalue weighted by Crippen LogP contribution is -2.25. The number of aryl methyl sites for hydroxylation is 1. The molecule has 1 aliphatic rings. The van der Waals surface area contributed by atoms with Crippen LogP contribution in [-0.2, 0) is 18.4 Å². The fourth-order valence-corrected chi connectivity index (χ4v) is 3.07. The van der Waals surface area contributed by atoms with Crippen molar-refractivity contribution >= 4 is 0 Å². The Bertz CT molecular complexity index is 666. The quantitative estimate of drug-likeness (QED) is 0.886. The van der Waals surface area contributed by atoms with Gasteiger partial charge in [0.05, 0.1) is 5.60 Å². The van der Waals surface area contributed by atoms with Gasteiger partial charge in [-0.25, -0.2) is 8.78 Å². The molecule has 0 heterocycles. The molecular formula is C17H16F2O. The van der Waals surface area contributed by atoms with Crippen molar-refractivity contribution in [3.05, 3.63) is 70.3 Å².